The Morgan fingerprint density at radius 1 is 1.37 bits per heavy atom. The lowest BCUT2D eigenvalue weighted by molar-refractivity contribution is -0.137. The molecule has 0 aromatic carbocycles. The second-order valence-corrected chi connectivity index (χ2v) is 5.68. The van der Waals surface area contributed by atoms with Crippen molar-refractivity contribution >= 4 is 15.7 Å². The summed E-state index contributed by atoms with van der Waals surface area (Å²) in [4.78, 5) is 0. The van der Waals surface area contributed by atoms with Crippen LogP contribution in [0.1, 0.15) is 11.4 Å². The zero-order valence-electron chi connectivity index (χ0n) is 9.64. The van der Waals surface area contributed by atoms with E-state index in [1.165, 1.54) is 4.40 Å². The van der Waals surface area contributed by atoms with Gasteiger partial charge in [0.25, 0.3) is 0 Å². The molecule has 6 nitrogen and oxygen atoms in total. The number of nitrogens with one attached hydrogen (secondary N) is 1. The van der Waals surface area contributed by atoms with Crippen molar-refractivity contribution < 1.29 is 21.6 Å². The van der Waals surface area contributed by atoms with Crippen molar-refractivity contribution in [3.63, 3.8) is 0 Å². The number of aromatic nitrogens is 3. The van der Waals surface area contributed by atoms with E-state index in [2.05, 4.69) is 14.9 Å². The zero-order chi connectivity index (χ0) is 14.3. The van der Waals surface area contributed by atoms with Crippen LogP contribution in [0.3, 0.4) is 0 Å². The highest BCUT2D eigenvalue weighted by Crippen LogP contribution is 2.29. The topological polar surface area (TPSA) is 76.4 Å². The summed E-state index contributed by atoms with van der Waals surface area (Å²) >= 11 is 0. The van der Waals surface area contributed by atoms with Gasteiger partial charge in [0.15, 0.2) is 11.5 Å². The van der Waals surface area contributed by atoms with Crippen LogP contribution in [0.15, 0.2) is 18.3 Å². The van der Waals surface area contributed by atoms with E-state index in [-0.39, 0.29) is 18.0 Å². The van der Waals surface area contributed by atoms with Crippen molar-refractivity contribution in [1.82, 2.24) is 19.3 Å². The molecule has 1 N–H and O–H groups in total. The number of alkyl halides is 3. The lowest BCUT2D eigenvalue weighted by atomic mass is 10.2. The van der Waals surface area contributed by atoms with Gasteiger partial charge in [-0.15, -0.1) is 10.2 Å². The summed E-state index contributed by atoms with van der Waals surface area (Å²) in [6, 6.07) is 1.72. The molecule has 10 heteroatoms. The third kappa shape index (κ3) is 3.20. The van der Waals surface area contributed by atoms with Crippen LogP contribution in [0.5, 0.6) is 0 Å². The monoisotopic (exact) mass is 294 g/mol. The Morgan fingerprint density at radius 2 is 2.05 bits per heavy atom. The van der Waals surface area contributed by atoms with Gasteiger partial charge < -0.3 is 0 Å². The van der Waals surface area contributed by atoms with Crippen LogP contribution in [0, 0.1) is 0 Å². The van der Waals surface area contributed by atoms with E-state index >= 15 is 0 Å². The maximum absolute atomic E-state index is 12.5. The van der Waals surface area contributed by atoms with Gasteiger partial charge >= 0.3 is 6.18 Å². The molecule has 0 spiro atoms. The van der Waals surface area contributed by atoms with E-state index in [0.717, 1.165) is 24.6 Å². The molecule has 0 fully saturated rings. The molecule has 0 atom stereocenters. The minimum atomic E-state index is -4.46. The number of rotatable bonds is 3. The van der Waals surface area contributed by atoms with Crippen LogP contribution in [0.25, 0.3) is 5.65 Å². The molecule has 0 bridgehead atoms. The van der Waals surface area contributed by atoms with Gasteiger partial charge in [-0.2, -0.15) is 13.2 Å². The molecule has 0 radical (unpaired) electrons. The molecule has 0 saturated heterocycles. The molecule has 0 unspecified atom stereocenters. The van der Waals surface area contributed by atoms with Gasteiger partial charge in [0, 0.05) is 6.20 Å². The Morgan fingerprint density at radius 3 is 2.63 bits per heavy atom. The quantitative estimate of drug-likeness (QED) is 0.908. The van der Waals surface area contributed by atoms with Crippen molar-refractivity contribution in [3.05, 3.63) is 29.7 Å². The molecule has 0 aliphatic carbocycles. The molecule has 2 rings (SSSR count). The SMILES string of the molecule is CS(=O)(=O)NCc1nnc2cc(C(F)(F)F)ccn12. The van der Waals surface area contributed by atoms with E-state index in [1.807, 2.05) is 0 Å². The predicted molar refractivity (Wildman–Crippen MR) is 59.7 cm³/mol. The first-order chi connectivity index (χ1) is 8.67. The van der Waals surface area contributed by atoms with Crippen LogP contribution >= 0.6 is 0 Å². The molecular formula is C9H9F3N4O2S. The molecule has 0 aliphatic rings. The van der Waals surface area contributed by atoms with E-state index < -0.39 is 21.8 Å². The predicted octanol–water partition coefficient (Wildman–Crippen LogP) is 0.797. The largest absolute Gasteiger partial charge is 0.416 e. The van der Waals surface area contributed by atoms with Crippen LogP contribution in [0.4, 0.5) is 13.2 Å². The zero-order valence-corrected chi connectivity index (χ0v) is 10.5. The average molecular weight is 294 g/mol. The molecule has 0 saturated carbocycles. The lowest BCUT2D eigenvalue weighted by Gasteiger charge is -2.06. The molecule has 0 amide bonds. The summed E-state index contributed by atoms with van der Waals surface area (Å²) in [6.45, 7) is -0.147. The first kappa shape index (κ1) is 13.7. The first-order valence-electron chi connectivity index (χ1n) is 5.02. The summed E-state index contributed by atoms with van der Waals surface area (Å²) < 4.78 is 62.8. The van der Waals surface area contributed by atoms with Crippen molar-refractivity contribution in [2.24, 2.45) is 0 Å². The van der Waals surface area contributed by atoms with Gasteiger partial charge in [-0.3, -0.25) is 4.40 Å². The number of fused-ring (bicyclic) bond motifs is 1. The van der Waals surface area contributed by atoms with E-state index in [0.29, 0.717) is 0 Å². The summed E-state index contributed by atoms with van der Waals surface area (Å²) in [7, 11) is -3.41. The fourth-order valence-corrected chi connectivity index (χ4v) is 1.82. The Hall–Kier alpha value is -1.68. The van der Waals surface area contributed by atoms with Gasteiger partial charge in [-0.1, -0.05) is 0 Å². The van der Waals surface area contributed by atoms with Crippen LogP contribution < -0.4 is 4.72 Å². The Bertz CT molecular complexity index is 708. The molecule has 2 aromatic rings. The summed E-state index contributed by atoms with van der Waals surface area (Å²) in [5.41, 5.74) is -0.838. The lowest BCUT2D eigenvalue weighted by Crippen LogP contribution is -2.22. The number of pyridine rings is 1. The molecule has 2 heterocycles. The molecule has 19 heavy (non-hydrogen) atoms. The van der Waals surface area contributed by atoms with Crippen molar-refractivity contribution in [3.8, 4) is 0 Å². The molecule has 2 aromatic heterocycles. The summed E-state index contributed by atoms with van der Waals surface area (Å²) in [6.07, 6.45) is -2.34. The third-order valence-electron chi connectivity index (χ3n) is 2.30. The Balaban J connectivity index is 2.35. The van der Waals surface area contributed by atoms with Gasteiger partial charge in [-0.05, 0) is 12.1 Å². The maximum Gasteiger partial charge on any atom is 0.416 e. The summed E-state index contributed by atoms with van der Waals surface area (Å²) in [5, 5.41) is 7.21. The number of hydrogen-bond acceptors (Lipinski definition) is 4. The highest BCUT2D eigenvalue weighted by atomic mass is 32.2. The van der Waals surface area contributed by atoms with Gasteiger partial charge in [0.1, 0.15) is 0 Å². The van der Waals surface area contributed by atoms with E-state index in [4.69, 9.17) is 0 Å². The van der Waals surface area contributed by atoms with Crippen molar-refractivity contribution in [2.75, 3.05) is 6.26 Å². The smallest absolute Gasteiger partial charge is 0.285 e. The number of halogens is 3. The van der Waals surface area contributed by atoms with Gasteiger partial charge in [0.05, 0.1) is 18.4 Å². The second kappa shape index (κ2) is 4.46. The van der Waals surface area contributed by atoms with Gasteiger partial charge in [0.2, 0.25) is 10.0 Å². The standard InChI is InChI=1S/C9H9F3N4O2S/c1-19(17,18)13-5-8-15-14-7-4-6(9(10,11)12)2-3-16(7)8/h2-4,13H,5H2,1H3. The fraction of sp³-hybridized carbons (Fsp3) is 0.333. The van der Waals surface area contributed by atoms with Crippen LogP contribution in [-0.4, -0.2) is 29.3 Å². The number of hydrogen-bond donors (Lipinski definition) is 1. The Kier molecular flexibility index (Phi) is 3.22. The molecular weight excluding hydrogens is 285 g/mol. The minimum Gasteiger partial charge on any atom is -0.285 e. The molecule has 0 aliphatic heterocycles. The van der Waals surface area contributed by atoms with Crippen molar-refractivity contribution in [1.29, 1.82) is 0 Å². The minimum absolute atomic E-state index is 0.000117. The van der Waals surface area contributed by atoms with Gasteiger partial charge in [-0.25, -0.2) is 13.1 Å². The number of sulfonamides is 1. The highest BCUT2D eigenvalue weighted by Gasteiger charge is 2.31. The maximum atomic E-state index is 12.5. The average Bonchev–Trinajstić information content (AvgIpc) is 2.66. The number of nitrogens with zero attached hydrogens (tertiary/aromatic N) is 3. The van der Waals surface area contributed by atoms with Crippen LogP contribution in [-0.2, 0) is 22.7 Å². The second-order valence-electron chi connectivity index (χ2n) is 3.85. The third-order valence-corrected chi connectivity index (χ3v) is 2.97. The van der Waals surface area contributed by atoms with Crippen molar-refractivity contribution in [2.45, 2.75) is 12.7 Å². The van der Waals surface area contributed by atoms with E-state index in [1.54, 1.807) is 0 Å². The Labute approximate surface area is 106 Å². The molecule has 104 valence electrons. The normalized spacial score (nSPS) is 13.1. The van der Waals surface area contributed by atoms with Crippen LogP contribution in [0.2, 0.25) is 0 Å². The van der Waals surface area contributed by atoms with E-state index in [9.17, 15) is 21.6 Å². The highest BCUT2D eigenvalue weighted by molar-refractivity contribution is 7.88. The first-order valence-corrected chi connectivity index (χ1v) is 6.91. The fourth-order valence-electron chi connectivity index (χ4n) is 1.43. The summed E-state index contributed by atoms with van der Waals surface area (Å²) in [5.74, 6) is 0.203.